The van der Waals surface area contributed by atoms with Crippen molar-refractivity contribution in [3.63, 3.8) is 0 Å². The van der Waals surface area contributed by atoms with Crippen LogP contribution in [0.2, 0.25) is 0 Å². The molecule has 44 valence electrons. The van der Waals surface area contributed by atoms with Gasteiger partial charge in [0, 0.05) is 5.92 Å². The fraction of sp³-hybridized carbons (Fsp3) is 0.750. The van der Waals surface area contributed by atoms with Gasteiger partial charge in [0.15, 0.2) is 0 Å². The highest BCUT2D eigenvalue weighted by Crippen LogP contribution is 2.57. The van der Waals surface area contributed by atoms with Crippen LogP contribution in [-0.2, 0) is 0 Å². The van der Waals surface area contributed by atoms with E-state index in [1.165, 1.54) is 12.8 Å². The van der Waals surface area contributed by atoms with E-state index in [1.54, 1.807) is 11.1 Å². The van der Waals surface area contributed by atoms with Crippen molar-refractivity contribution in [1.82, 2.24) is 0 Å². The van der Waals surface area contributed by atoms with Crippen molar-refractivity contribution in [3.8, 4) is 0 Å². The number of hydrogen-bond donors (Lipinski definition) is 0. The summed E-state index contributed by atoms with van der Waals surface area (Å²) in [5.41, 5.74) is 3.60. The molecule has 0 N–H and O–H groups in total. The fourth-order valence-electron chi connectivity index (χ4n) is 1.85. The van der Waals surface area contributed by atoms with Crippen molar-refractivity contribution >= 4 is 0 Å². The molecule has 2 rings (SSSR count). The summed E-state index contributed by atoms with van der Waals surface area (Å²) in [6.45, 7) is 4.61. The summed E-state index contributed by atoms with van der Waals surface area (Å²) in [4.78, 5) is 0. The second kappa shape index (κ2) is 1.18. The van der Waals surface area contributed by atoms with Crippen molar-refractivity contribution in [2.45, 2.75) is 26.7 Å². The Balaban J connectivity index is 2.11. The lowest BCUT2D eigenvalue weighted by atomic mass is 9.97. The molecule has 2 aliphatic rings. The maximum atomic E-state index is 2.31. The minimum Gasteiger partial charge on any atom is -0.0629 e. The summed E-state index contributed by atoms with van der Waals surface area (Å²) in [7, 11) is 0. The van der Waals surface area contributed by atoms with Gasteiger partial charge in [-0.3, -0.25) is 0 Å². The van der Waals surface area contributed by atoms with Crippen molar-refractivity contribution in [3.05, 3.63) is 11.1 Å². The van der Waals surface area contributed by atoms with Gasteiger partial charge >= 0.3 is 0 Å². The zero-order valence-electron chi connectivity index (χ0n) is 5.57. The Morgan fingerprint density at radius 2 is 2.12 bits per heavy atom. The summed E-state index contributed by atoms with van der Waals surface area (Å²) >= 11 is 0. The molecule has 1 unspecified atom stereocenters. The molecule has 0 saturated heterocycles. The van der Waals surface area contributed by atoms with Crippen LogP contribution < -0.4 is 0 Å². The van der Waals surface area contributed by atoms with Crippen LogP contribution in [0.5, 0.6) is 0 Å². The highest BCUT2D eigenvalue weighted by Gasteiger charge is 2.43. The van der Waals surface area contributed by atoms with Gasteiger partial charge in [-0.05, 0) is 18.8 Å². The van der Waals surface area contributed by atoms with Crippen LogP contribution in [0.1, 0.15) is 26.7 Å². The Labute approximate surface area is 50.6 Å². The van der Waals surface area contributed by atoms with Gasteiger partial charge < -0.3 is 0 Å². The third-order valence-electron chi connectivity index (χ3n) is 2.41. The number of fused-ring (bicyclic) bond motifs is 1. The zero-order valence-corrected chi connectivity index (χ0v) is 5.57. The second-order valence-corrected chi connectivity index (χ2v) is 3.23. The Kier molecular flexibility index (Phi) is 0.677. The van der Waals surface area contributed by atoms with Gasteiger partial charge in [0.05, 0.1) is 0 Å². The van der Waals surface area contributed by atoms with Gasteiger partial charge in [0.25, 0.3) is 0 Å². The molecule has 0 radical (unpaired) electrons. The van der Waals surface area contributed by atoms with Crippen LogP contribution in [0.3, 0.4) is 0 Å². The monoisotopic (exact) mass is 108 g/mol. The summed E-state index contributed by atoms with van der Waals surface area (Å²) in [6.07, 6.45) is 2.90. The molecule has 0 heterocycles. The number of allylic oxidation sites excluding steroid dienone is 2. The molecule has 1 saturated carbocycles. The van der Waals surface area contributed by atoms with Crippen LogP contribution in [0.25, 0.3) is 0 Å². The standard InChI is InChI=1S/C8H12/c1-5(2)8-6-3-4-7(6)8/h5-6H,3-4H2,1-2H3. The van der Waals surface area contributed by atoms with Crippen molar-refractivity contribution < 1.29 is 0 Å². The van der Waals surface area contributed by atoms with Gasteiger partial charge in [-0.25, -0.2) is 0 Å². The average Bonchev–Trinajstić information content (AvgIpc) is 2.07. The fourth-order valence-corrected chi connectivity index (χ4v) is 1.85. The molecular weight excluding hydrogens is 96.1 g/mol. The Morgan fingerprint density at radius 1 is 1.50 bits per heavy atom. The Hall–Kier alpha value is -0.260. The van der Waals surface area contributed by atoms with Crippen molar-refractivity contribution in [1.29, 1.82) is 0 Å². The molecule has 0 nitrogen and oxygen atoms in total. The molecule has 1 atom stereocenters. The van der Waals surface area contributed by atoms with Crippen LogP contribution in [0.15, 0.2) is 11.1 Å². The summed E-state index contributed by atoms with van der Waals surface area (Å²) < 4.78 is 0. The maximum absolute atomic E-state index is 2.31. The predicted octanol–water partition coefficient (Wildman–Crippen LogP) is 2.36. The quantitative estimate of drug-likeness (QED) is 0.452. The predicted molar refractivity (Wildman–Crippen MR) is 34.6 cm³/mol. The smallest absolute Gasteiger partial charge is 0.00184 e. The first-order valence-electron chi connectivity index (χ1n) is 3.53. The molecule has 0 heteroatoms. The zero-order chi connectivity index (χ0) is 5.72. The van der Waals surface area contributed by atoms with E-state index in [1.807, 2.05) is 0 Å². The van der Waals surface area contributed by atoms with Gasteiger partial charge in [-0.1, -0.05) is 25.0 Å². The molecule has 8 heavy (non-hydrogen) atoms. The van der Waals surface area contributed by atoms with E-state index < -0.39 is 0 Å². The van der Waals surface area contributed by atoms with Crippen LogP contribution in [-0.4, -0.2) is 0 Å². The first kappa shape index (κ1) is 4.60. The van der Waals surface area contributed by atoms with Crippen LogP contribution in [0.4, 0.5) is 0 Å². The number of hydrogen-bond acceptors (Lipinski definition) is 0. The third kappa shape index (κ3) is 0.367. The van der Waals surface area contributed by atoms with Gasteiger partial charge in [0.1, 0.15) is 0 Å². The molecule has 0 aromatic heterocycles. The van der Waals surface area contributed by atoms with Crippen LogP contribution in [0, 0.1) is 11.8 Å². The normalized spacial score (nSPS) is 32.6. The topological polar surface area (TPSA) is 0 Å². The van der Waals surface area contributed by atoms with Gasteiger partial charge in [-0.2, -0.15) is 0 Å². The summed E-state index contributed by atoms with van der Waals surface area (Å²) in [6, 6.07) is 0. The first-order chi connectivity index (χ1) is 3.80. The van der Waals surface area contributed by atoms with E-state index in [9.17, 15) is 0 Å². The van der Waals surface area contributed by atoms with Gasteiger partial charge in [0.2, 0.25) is 0 Å². The second-order valence-electron chi connectivity index (χ2n) is 3.23. The molecular formula is C8H12. The van der Waals surface area contributed by atoms with E-state index >= 15 is 0 Å². The molecule has 0 bridgehead atoms. The van der Waals surface area contributed by atoms with Gasteiger partial charge in [-0.15, -0.1) is 0 Å². The lowest BCUT2D eigenvalue weighted by Crippen LogP contribution is -1.95. The lowest BCUT2D eigenvalue weighted by molar-refractivity contribution is 0.606. The minimum absolute atomic E-state index is 0.859. The van der Waals surface area contributed by atoms with E-state index in [0.717, 1.165) is 11.8 Å². The molecule has 1 fully saturated rings. The van der Waals surface area contributed by atoms with Crippen LogP contribution >= 0.6 is 0 Å². The van der Waals surface area contributed by atoms with Crippen molar-refractivity contribution in [2.24, 2.45) is 11.8 Å². The Morgan fingerprint density at radius 3 is 2.25 bits per heavy atom. The van der Waals surface area contributed by atoms with Crippen molar-refractivity contribution in [2.75, 3.05) is 0 Å². The summed E-state index contributed by atoms with van der Waals surface area (Å²) in [5.74, 6) is 1.88. The average molecular weight is 108 g/mol. The first-order valence-corrected chi connectivity index (χ1v) is 3.53. The molecule has 2 aliphatic carbocycles. The highest BCUT2D eigenvalue weighted by molar-refractivity contribution is 5.48. The molecule has 0 aromatic rings. The Bertz CT molecular complexity index is 151. The van der Waals surface area contributed by atoms with E-state index in [0.29, 0.717) is 0 Å². The third-order valence-corrected chi connectivity index (χ3v) is 2.41. The largest absolute Gasteiger partial charge is 0.0629 e. The lowest BCUT2D eigenvalue weighted by Gasteiger charge is -2.07. The maximum Gasteiger partial charge on any atom is 0.00184 e. The van der Waals surface area contributed by atoms with E-state index in [-0.39, 0.29) is 0 Å². The highest BCUT2D eigenvalue weighted by atomic mass is 14.5. The minimum atomic E-state index is 0.859. The SMILES string of the molecule is CC(C)C1=C2CCC21. The van der Waals surface area contributed by atoms with E-state index in [2.05, 4.69) is 13.8 Å². The molecule has 0 aliphatic heterocycles. The molecule has 0 aromatic carbocycles. The van der Waals surface area contributed by atoms with E-state index in [4.69, 9.17) is 0 Å². The molecule has 0 spiro atoms. The molecule has 0 amide bonds. The summed E-state index contributed by atoms with van der Waals surface area (Å²) in [5, 5.41) is 0. The number of rotatable bonds is 1.